The maximum absolute atomic E-state index is 12.0. The van der Waals surface area contributed by atoms with E-state index in [2.05, 4.69) is 15.6 Å². The number of carbonyl (C=O) groups is 1. The molecule has 0 spiro atoms. The number of halogens is 1. The fourth-order valence-electron chi connectivity index (χ4n) is 2.17. The van der Waals surface area contributed by atoms with Gasteiger partial charge in [-0.05, 0) is 30.3 Å². The molecule has 0 bridgehead atoms. The molecule has 0 fully saturated rings. The number of ether oxygens (including phenoxy) is 1. The number of nitrogens with one attached hydrogen (secondary N) is 2. The quantitative estimate of drug-likeness (QED) is 0.764. The summed E-state index contributed by atoms with van der Waals surface area (Å²) in [6.07, 6.45) is 1.48. The Morgan fingerprint density at radius 2 is 2.00 bits per heavy atom. The normalized spacial score (nSPS) is 12.0. The molecule has 0 radical (unpaired) electrons. The van der Waals surface area contributed by atoms with Gasteiger partial charge in [-0.15, -0.1) is 0 Å². The van der Waals surface area contributed by atoms with Gasteiger partial charge in [0.05, 0.1) is 11.7 Å². The van der Waals surface area contributed by atoms with Gasteiger partial charge in [0.25, 0.3) is 5.91 Å². The summed E-state index contributed by atoms with van der Waals surface area (Å²) in [6.45, 7) is 1.20. The summed E-state index contributed by atoms with van der Waals surface area (Å²) in [5.74, 6) is -0.178. The van der Waals surface area contributed by atoms with Crippen molar-refractivity contribution in [3.63, 3.8) is 0 Å². The highest BCUT2D eigenvalue weighted by Crippen LogP contribution is 2.16. The van der Waals surface area contributed by atoms with Crippen LogP contribution in [0.25, 0.3) is 0 Å². The molecule has 0 saturated carbocycles. The Kier molecular flexibility index (Phi) is 6.52. The third kappa shape index (κ3) is 5.03. The van der Waals surface area contributed by atoms with E-state index in [-0.39, 0.29) is 12.0 Å². The number of nitrogens with zero attached hydrogens (tertiary/aromatic N) is 1. The smallest absolute Gasteiger partial charge is 0.253 e. The van der Waals surface area contributed by atoms with E-state index in [0.29, 0.717) is 17.3 Å². The minimum Gasteiger partial charge on any atom is -0.375 e. The van der Waals surface area contributed by atoms with Crippen LogP contribution in [-0.4, -0.2) is 31.6 Å². The van der Waals surface area contributed by atoms with E-state index in [0.717, 1.165) is 17.7 Å². The second-order valence-electron chi connectivity index (χ2n) is 5.08. The Morgan fingerprint density at radius 1 is 1.26 bits per heavy atom. The van der Waals surface area contributed by atoms with Gasteiger partial charge < -0.3 is 15.4 Å². The molecule has 0 aliphatic rings. The summed E-state index contributed by atoms with van der Waals surface area (Å²) in [6, 6.07) is 11.2. The Hall–Kier alpha value is -1.95. The van der Waals surface area contributed by atoms with Crippen molar-refractivity contribution in [1.82, 2.24) is 15.6 Å². The lowest BCUT2D eigenvalue weighted by Gasteiger charge is -2.15. The zero-order valence-electron chi connectivity index (χ0n) is 13.2. The molecule has 0 aliphatic heterocycles. The van der Waals surface area contributed by atoms with Gasteiger partial charge in [0.1, 0.15) is 5.15 Å². The fraction of sp³-hybridized carbons (Fsp3) is 0.294. The van der Waals surface area contributed by atoms with Crippen LogP contribution in [-0.2, 0) is 11.3 Å². The van der Waals surface area contributed by atoms with Crippen molar-refractivity contribution in [1.29, 1.82) is 0 Å². The average Bonchev–Trinajstić information content (AvgIpc) is 2.59. The maximum Gasteiger partial charge on any atom is 0.253 e. The molecule has 122 valence electrons. The van der Waals surface area contributed by atoms with Crippen molar-refractivity contribution < 1.29 is 9.53 Å². The molecule has 1 aromatic carbocycles. The minimum absolute atomic E-state index is 0.0174. The zero-order chi connectivity index (χ0) is 16.7. The van der Waals surface area contributed by atoms with Gasteiger partial charge in [-0.1, -0.05) is 35.9 Å². The second kappa shape index (κ2) is 8.62. The van der Waals surface area contributed by atoms with Gasteiger partial charge in [-0.3, -0.25) is 4.79 Å². The molecule has 1 atom stereocenters. The van der Waals surface area contributed by atoms with E-state index in [4.69, 9.17) is 16.3 Å². The van der Waals surface area contributed by atoms with Gasteiger partial charge in [0.15, 0.2) is 0 Å². The zero-order valence-corrected chi connectivity index (χ0v) is 13.9. The van der Waals surface area contributed by atoms with Crippen LogP contribution in [0.4, 0.5) is 0 Å². The van der Waals surface area contributed by atoms with Crippen molar-refractivity contribution in [2.45, 2.75) is 12.6 Å². The summed E-state index contributed by atoms with van der Waals surface area (Å²) in [4.78, 5) is 15.9. The number of pyridine rings is 1. The summed E-state index contributed by atoms with van der Waals surface area (Å²) >= 11 is 5.71. The van der Waals surface area contributed by atoms with Gasteiger partial charge in [0, 0.05) is 26.4 Å². The van der Waals surface area contributed by atoms with Crippen LogP contribution in [0.3, 0.4) is 0 Å². The standard InChI is InChI=1S/C17H20ClN3O2/c1-19-11-15(23-2)13-5-3-12(4-6-13)9-21-17(22)14-7-8-16(18)20-10-14/h3-8,10,15,19H,9,11H2,1-2H3,(H,21,22)/t15-/m1/s1. The van der Waals surface area contributed by atoms with Gasteiger partial charge in [-0.2, -0.15) is 0 Å². The minimum atomic E-state index is -0.178. The number of likely N-dealkylation sites (N-methyl/N-ethyl adjacent to an activating group) is 1. The third-order valence-electron chi connectivity index (χ3n) is 3.47. The molecule has 6 heteroatoms. The van der Waals surface area contributed by atoms with E-state index in [9.17, 15) is 4.79 Å². The molecular formula is C17H20ClN3O2. The maximum atomic E-state index is 12.0. The van der Waals surface area contributed by atoms with Crippen molar-refractivity contribution in [2.24, 2.45) is 0 Å². The number of methoxy groups -OCH3 is 1. The molecular weight excluding hydrogens is 314 g/mol. The number of rotatable bonds is 7. The van der Waals surface area contributed by atoms with Gasteiger partial charge in [0.2, 0.25) is 0 Å². The lowest BCUT2D eigenvalue weighted by molar-refractivity contribution is 0.0950. The first-order valence-corrected chi connectivity index (χ1v) is 7.68. The summed E-state index contributed by atoms with van der Waals surface area (Å²) in [7, 11) is 3.58. The largest absolute Gasteiger partial charge is 0.375 e. The Bertz CT molecular complexity index is 629. The monoisotopic (exact) mass is 333 g/mol. The Morgan fingerprint density at radius 3 is 2.57 bits per heavy atom. The molecule has 2 aromatic rings. The number of amides is 1. The number of carbonyl (C=O) groups excluding carboxylic acids is 1. The molecule has 0 unspecified atom stereocenters. The van der Waals surface area contributed by atoms with E-state index in [1.54, 1.807) is 19.2 Å². The first kappa shape index (κ1) is 17.4. The van der Waals surface area contributed by atoms with Crippen LogP contribution in [0, 0.1) is 0 Å². The van der Waals surface area contributed by atoms with Crippen molar-refractivity contribution >= 4 is 17.5 Å². The van der Waals surface area contributed by atoms with E-state index in [1.807, 2.05) is 31.3 Å². The highest BCUT2D eigenvalue weighted by molar-refractivity contribution is 6.29. The number of hydrogen-bond acceptors (Lipinski definition) is 4. The molecule has 23 heavy (non-hydrogen) atoms. The van der Waals surface area contributed by atoms with Crippen LogP contribution < -0.4 is 10.6 Å². The molecule has 5 nitrogen and oxygen atoms in total. The fourth-order valence-corrected chi connectivity index (χ4v) is 2.28. The molecule has 1 heterocycles. The number of benzene rings is 1. The molecule has 2 rings (SSSR count). The molecule has 0 saturated heterocycles. The predicted octanol–water partition coefficient (Wildman–Crippen LogP) is 2.57. The Labute approximate surface area is 141 Å². The lowest BCUT2D eigenvalue weighted by Crippen LogP contribution is -2.23. The van der Waals surface area contributed by atoms with Crippen LogP contribution in [0.5, 0.6) is 0 Å². The van der Waals surface area contributed by atoms with Crippen molar-refractivity contribution in [2.75, 3.05) is 20.7 Å². The first-order chi connectivity index (χ1) is 11.1. The molecule has 1 amide bonds. The van der Waals surface area contributed by atoms with Crippen molar-refractivity contribution in [3.8, 4) is 0 Å². The Balaban J connectivity index is 1.93. The summed E-state index contributed by atoms with van der Waals surface area (Å²) < 4.78 is 5.43. The third-order valence-corrected chi connectivity index (χ3v) is 3.69. The lowest BCUT2D eigenvalue weighted by atomic mass is 10.1. The van der Waals surface area contributed by atoms with E-state index in [1.165, 1.54) is 6.20 Å². The van der Waals surface area contributed by atoms with Crippen LogP contribution >= 0.6 is 11.6 Å². The predicted molar refractivity (Wildman–Crippen MR) is 90.5 cm³/mol. The van der Waals surface area contributed by atoms with Crippen LogP contribution in [0.2, 0.25) is 5.15 Å². The second-order valence-corrected chi connectivity index (χ2v) is 5.46. The van der Waals surface area contributed by atoms with Crippen LogP contribution in [0.15, 0.2) is 42.6 Å². The number of aromatic nitrogens is 1. The first-order valence-electron chi connectivity index (χ1n) is 7.30. The highest BCUT2D eigenvalue weighted by Gasteiger charge is 2.09. The van der Waals surface area contributed by atoms with E-state index >= 15 is 0 Å². The van der Waals surface area contributed by atoms with Gasteiger partial charge in [-0.25, -0.2) is 4.98 Å². The molecule has 2 N–H and O–H groups in total. The SMILES string of the molecule is CNC[C@@H](OC)c1ccc(CNC(=O)c2ccc(Cl)nc2)cc1. The average molecular weight is 334 g/mol. The summed E-state index contributed by atoms with van der Waals surface area (Å²) in [5.41, 5.74) is 2.60. The topological polar surface area (TPSA) is 63.2 Å². The van der Waals surface area contributed by atoms with Crippen LogP contribution in [0.1, 0.15) is 27.6 Å². The highest BCUT2D eigenvalue weighted by atomic mass is 35.5. The summed E-state index contributed by atoms with van der Waals surface area (Å²) in [5, 5.41) is 6.32. The van der Waals surface area contributed by atoms with Crippen molar-refractivity contribution in [3.05, 3.63) is 64.4 Å². The van der Waals surface area contributed by atoms with E-state index < -0.39 is 0 Å². The number of hydrogen-bond donors (Lipinski definition) is 2. The van der Waals surface area contributed by atoms with Gasteiger partial charge >= 0.3 is 0 Å². The molecule has 0 aliphatic carbocycles. The molecule has 1 aromatic heterocycles.